The van der Waals surface area contributed by atoms with Crippen molar-refractivity contribution in [1.29, 1.82) is 0 Å². The van der Waals surface area contributed by atoms with Crippen LogP contribution in [0, 0.1) is 0 Å². The van der Waals surface area contributed by atoms with Gasteiger partial charge >= 0.3 is 0 Å². The third kappa shape index (κ3) is 3.40. The molecule has 7 heteroatoms. The van der Waals surface area contributed by atoms with Crippen LogP contribution in [-0.2, 0) is 0 Å². The molecule has 4 rings (SSSR count). The molecule has 0 unspecified atom stereocenters. The second-order valence-electron chi connectivity index (χ2n) is 5.49. The van der Waals surface area contributed by atoms with E-state index in [1.54, 1.807) is 4.68 Å². The molecule has 2 aromatic heterocycles. The van der Waals surface area contributed by atoms with Crippen molar-refractivity contribution in [2.24, 2.45) is 0 Å². The number of para-hydroxylation sites is 2. The Kier molecular flexibility index (Phi) is 4.20. The van der Waals surface area contributed by atoms with Gasteiger partial charge in [-0.3, -0.25) is 0 Å². The van der Waals surface area contributed by atoms with Crippen LogP contribution in [0.1, 0.15) is 0 Å². The van der Waals surface area contributed by atoms with E-state index < -0.39 is 0 Å². The lowest BCUT2D eigenvalue weighted by Gasteiger charge is -2.09. The first-order valence-corrected chi connectivity index (χ1v) is 8.07. The Hall–Kier alpha value is -3.48. The topological polar surface area (TPSA) is 80.5 Å². The summed E-state index contributed by atoms with van der Waals surface area (Å²) in [5.74, 6) is 1.46. The van der Waals surface area contributed by atoms with Gasteiger partial charge in [0.2, 0.25) is 5.95 Å². The van der Waals surface area contributed by atoms with Crippen molar-refractivity contribution in [2.75, 3.05) is 23.7 Å². The zero-order valence-corrected chi connectivity index (χ0v) is 13.5. The molecule has 0 spiro atoms. The lowest BCUT2D eigenvalue weighted by Crippen LogP contribution is -2.16. The molecule has 0 aliphatic rings. The largest absolute Gasteiger partial charge is 0.368 e. The number of hydrogen-bond donors (Lipinski definition) is 2. The second-order valence-corrected chi connectivity index (χ2v) is 5.49. The number of pyridine rings is 1. The summed E-state index contributed by atoms with van der Waals surface area (Å²) in [5, 5.41) is 19.5. The number of tetrazole rings is 1. The van der Waals surface area contributed by atoms with Crippen molar-refractivity contribution in [2.45, 2.75) is 0 Å². The van der Waals surface area contributed by atoms with Crippen LogP contribution in [0.15, 0.2) is 66.7 Å². The maximum Gasteiger partial charge on any atom is 0.247 e. The standard InChI is InChI=1S/C18H17N7/c1-2-7-15(8-3-1)25-18(22-23-24-25)20-13-12-19-17-11-10-14-6-4-5-9-16(14)21-17/h1-11H,12-13H2,(H,19,21)(H,20,22,24). The van der Waals surface area contributed by atoms with Gasteiger partial charge in [-0.1, -0.05) is 41.5 Å². The summed E-state index contributed by atoms with van der Waals surface area (Å²) in [6, 6.07) is 21.9. The fourth-order valence-electron chi connectivity index (χ4n) is 2.57. The Morgan fingerprint density at radius 2 is 1.60 bits per heavy atom. The molecule has 2 heterocycles. The molecule has 0 aliphatic carbocycles. The monoisotopic (exact) mass is 331 g/mol. The van der Waals surface area contributed by atoms with Gasteiger partial charge in [-0.15, -0.1) is 0 Å². The van der Waals surface area contributed by atoms with E-state index in [-0.39, 0.29) is 0 Å². The number of nitrogens with zero attached hydrogens (tertiary/aromatic N) is 5. The van der Waals surface area contributed by atoms with Crippen LogP contribution >= 0.6 is 0 Å². The molecular weight excluding hydrogens is 314 g/mol. The SMILES string of the molecule is c1ccc(-n2nnnc2NCCNc2ccc3ccccc3n2)cc1. The molecule has 0 aliphatic heterocycles. The minimum Gasteiger partial charge on any atom is -0.368 e. The highest BCUT2D eigenvalue weighted by Gasteiger charge is 2.06. The van der Waals surface area contributed by atoms with Crippen LogP contribution in [0.4, 0.5) is 11.8 Å². The first kappa shape index (κ1) is 15.1. The van der Waals surface area contributed by atoms with Crippen LogP contribution in [0.25, 0.3) is 16.6 Å². The normalized spacial score (nSPS) is 10.7. The number of benzene rings is 2. The molecule has 0 saturated carbocycles. The molecule has 0 bridgehead atoms. The quantitative estimate of drug-likeness (QED) is 0.529. The van der Waals surface area contributed by atoms with Gasteiger partial charge in [0.15, 0.2) is 0 Å². The minimum absolute atomic E-state index is 0.611. The van der Waals surface area contributed by atoms with Crippen molar-refractivity contribution in [3.63, 3.8) is 0 Å². The van der Waals surface area contributed by atoms with Crippen LogP contribution in [0.3, 0.4) is 0 Å². The predicted octanol–water partition coefficient (Wildman–Crippen LogP) is 2.73. The number of fused-ring (bicyclic) bond motifs is 1. The molecule has 7 nitrogen and oxygen atoms in total. The second kappa shape index (κ2) is 6.96. The fourth-order valence-corrected chi connectivity index (χ4v) is 2.57. The molecule has 4 aromatic rings. The molecule has 0 atom stereocenters. The summed E-state index contributed by atoms with van der Waals surface area (Å²) in [7, 11) is 0. The van der Waals surface area contributed by atoms with Gasteiger partial charge in [-0.05, 0) is 40.8 Å². The molecule has 2 aromatic carbocycles. The van der Waals surface area contributed by atoms with Gasteiger partial charge in [0.05, 0.1) is 11.2 Å². The van der Waals surface area contributed by atoms with E-state index in [4.69, 9.17) is 0 Å². The maximum atomic E-state index is 4.59. The highest BCUT2D eigenvalue weighted by molar-refractivity contribution is 5.80. The first-order valence-electron chi connectivity index (χ1n) is 8.07. The zero-order chi connectivity index (χ0) is 16.9. The molecule has 124 valence electrons. The van der Waals surface area contributed by atoms with Gasteiger partial charge in [-0.2, -0.15) is 4.68 Å². The molecular formula is C18H17N7. The minimum atomic E-state index is 0.611. The van der Waals surface area contributed by atoms with Gasteiger partial charge in [-0.25, -0.2) is 4.98 Å². The Morgan fingerprint density at radius 1 is 0.800 bits per heavy atom. The lowest BCUT2D eigenvalue weighted by atomic mass is 10.2. The van der Waals surface area contributed by atoms with E-state index in [0.717, 1.165) is 22.4 Å². The van der Waals surface area contributed by atoms with Crippen molar-refractivity contribution in [3.8, 4) is 5.69 Å². The molecule has 0 amide bonds. The average molecular weight is 331 g/mol. The summed E-state index contributed by atoms with van der Waals surface area (Å²) in [4.78, 5) is 4.59. The number of rotatable bonds is 6. The first-order chi connectivity index (χ1) is 12.4. The average Bonchev–Trinajstić information content (AvgIpc) is 3.14. The summed E-state index contributed by atoms with van der Waals surface area (Å²) < 4.78 is 1.67. The summed E-state index contributed by atoms with van der Waals surface area (Å²) >= 11 is 0. The lowest BCUT2D eigenvalue weighted by molar-refractivity contribution is 0.789. The molecule has 0 radical (unpaired) electrons. The van der Waals surface area contributed by atoms with Crippen molar-refractivity contribution in [3.05, 3.63) is 66.7 Å². The number of aromatic nitrogens is 5. The van der Waals surface area contributed by atoms with Crippen LogP contribution in [-0.4, -0.2) is 38.3 Å². The third-order valence-electron chi connectivity index (χ3n) is 3.78. The van der Waals surface area contributed by atoms with E-state index in [1.165, 1.54) is 0 Å². The van der Waals surface area contributed by atoms with Crippen molar-refractivity contribution in [1.82, 2.24) is 25.2 Å². The summed E-state index contributed by atoms with van der Waals surface area (Å²) in [6.07, 6.45) is 0. The third-order valence-corrected chi connectivity index (χ3v) is 3.78. The van der Waals surface area contributed by atoms with Gasteiger partial charge in [0, 0.05) is 18.5 Å². The summed E-state index contributed by atoms with van der Waals surface area (Å²) in [6.45, 7) is 1.37. The van der Waals surface area contributed by atoms with E-state index in [9.17, 15) is 0 Å². The Bertz CT molecular complexity index is 965. The summed E-state index contributed by atoms with van der Waals surface area (Å²) in [5.41, 5.74) is 1.90. The number of nitrogens with one attached hydrogen (secondary N) is 2. The van der Waals surface area contributed by atoms with Crippen molar-refractivity contribution < 1.29 is 0 Å². The van der Waals surface area contributed by atoms with Crippen molar-refractivity contribution >= 4 is 22.7 Å². The molecule has 25 heavy (non-hydrogen) atoms. The number of hydrogen-bond acceptors (Lipinski definition) is 6. The van der Waals surface area contributed by atoms with Gasteiger partial charge in [0.1, 0.15) is 5.82 Å². The Balaban J connectivity index is 1.36. The van der Waals surface area contributed by atoms with Crippen LogP contribution in [0.5, 0.6) is 0 Å². The van der Waals surface area contributed by atoms with Gasteiger partial charge < -0.3 is 10.6 Å². The van der Waals surface area contributed by atoms with Crippen LogP contribution < -0.4 is 10.6 Å². The highest BCUT2D eigenvalue weighted by Crippen LogP contribution is 2.14. The van der Waals surface area contributed by atoms with E-state index in [0.29, 0.717) is 19.0 Å². The molecule has 0 fully saturated rings. The van der Waals surface area contributed by atoms with Crippen LogP contribution in [0.2, 0.25) is 0 Å². The van der Waals surface area contributed by atoms with E-state index in [1.807, 2.05) is 54.6 Å². The Morgan fingerprint density at radius 3 is 2.52 bits per heavy atom. The Labute approximate surface area is 144 Å². The molecule has 2 N–H and O–H groups in total. The van der Waals surface area contributed by atoms with E-state index >= 15 is 0 Å². The van der Waals surface area contributed by atoms with E-state index in [2.05, 4.69) is 43.3 Å². The maximum absolute atomic E-state index is 4.59. The smallest absolute Gasteiger partial charge is 0.247 e. The zero-order valence-electron chi connectivity index (χ0n) is 13.5. The number of anilines is 2. The molecule has 0 saturated heterocycles. The predicted molar refractivity (Wildman–Crippen MR) is 97.9 cm³/mol. The highest BCUT2D eigenvalue weighted by atomic mass is 15.6. The van der Waals surface area contributed by atoms with Gasteiger partial charge in [0.25, 0.3) is 0 Å². The fraction of sp³-hybridized carbons (Fsp3) is 0.111.